The van der Waals surface area contributed by atoms with Crippen molar-refractivity contribution in [2.75, 3.05) is 0 Å². The summed E-state index contributed by atoms with van der Waals surface area (Å²) in [5, 5.41) is 9.30. The first-order valence-corrected chi connectivity index (χ1v) is 6.83. The van der Waals surface area contributed by atoms with Crippen LogP contribution in [-0.2, 0) is 0 Å². The Morgan fingerprint density at radius 1 is 1.20 bits per heavy atom. The number of rotatable bonds is 3. The Morgan fingerprint density at radius 2 is 1.90 bits per heavy atom. The molecule has 0 saturated carbocycles. The normalized spacial score (nSPS) is 10.4. The van der Waals surface area contributed by atoms with Gasteiger partial charge in [-0.05, 0) is 44.5 Å². The van der Waals surface area contributed by atoms with E-state index in [2.05, 4.69) is 20.9 Å². The Balaban J connectivity index is 2.50. The number of halogens is 1. The molecule has 1 aromatic heterocycles. The van der Waals surface area contributed by atoms with E-state index < -0.39 is 5.97 Å². The van der Waals surface area contributed by atoms with Crippen molar-refractivity contribution in [1.29, 1.82) is 0 Å². The molecule has 5 heteroatoms. The smallest absolute Gasteiger partial charge is 0.341 e. The van der Waals surface area contributed by atoms with Gasteiger partial charge in [-0.1, -0.05) is 15.9 Å². The maximum Gasteiger partial charge on any atom is 0.341 e. The van der Waals surface area contributed by atoms with Gasteiger partial charge in [0.1, 0.15) is 17.1 Å². The summed E-state index contributed by atoms with van der Waals surface area (Å²) >= 11 is 3.38. The van der Waals surface area contributed by atoms with Crippen molar-refractivity contribution in [2.45, 2.75) is 20.8 Å². The Labute approximate surface area is 125 Å². The largest absolute Gasteiger partial charge is 0.477 e. The molecule has 0 aliphatic rings. The summed E-state index contributed by atoms with van der Waals surface area (Å²) < 4.78 is 6.72. The number of hydrogen-bond donors (Lipinski definition) is 1. The lowest BCUT2D eigenvalue weighted by molar-refractivity contribution is 0.0692. The molecule has 0 spiro atoms. The van der Waals surface area contributed by atoms with Crippen LogP contribution in [0, 0.1) is 20.8 Å². The molecule has 0 fully saturated rings. The van der Waals surface area contributed by atoms with Crippen molar-refractivity contribution >= 4 is 21.9 Å². The van der Waals surface area contributed by atoms with E-state index in [1.54, 1.807) is 26.0 Å². The van der Waals surface area contributed by atoms with Crippen molar-refractivity contribution in [2.24, 2.45) is 0 Å². The van der Waals surface area contributed by atoms with Crippen LogP contribution in [0.25, 0.3) is 0 Å². The summed E-state index contributed by atoms with van der Waals surface area (Å²) in [7, 11) is 0. The van der Waals surface area contributed by atoms with Crippen molar-refractivity contribution in [1.82, 2.24) is 4.98 Å². The lowest BCUT2D eigenvalue weighted by Crippen LogP contribution is -2.06. The number of carbonyl (C=O) groups is 1. The minimum absolute atomic E-state index is 0.0953. The fraction of sp³-hybridized carbons (Fsp3) is 0.200. The van der Waals surface area contributed by atoms with Crippen LogP contribution in [0.2, 0.25) is 0 Å². The molecule has 104 valence electrons. The van der Waals surface area contributed by atoms with Gasteiger partial charge in [-0.15, -0.1) is 0 Å². The molecule has 0 aliphatic carbocycles. The second-order valence-corrected chi connectivity index (χ2v) is 5.45. The molecule has 0 saturated heterocycles. The zero-order valence-corrected chi connectivity index (χ0v) is 13.0. The molecular formula is C15H14BrNO3. The molecule has 2 rings (SSSR count). The Morgan fingerprint density at radius 3 is 2.50 bits per heavy atom. The average Bonchev–Trinajstić information content (AvgIpc) is 2.31. The number of carboxylic acid groups (broad SMARTS) is 1. The van der Waals surface area contributed by atoms with Gasteiger partial charge in [-0.25, -0.2) is 4.79 Å². The first-order valence-electron chi connectivity index (χ1n) is 6.04. The van der Waals surface area contributed by atoms with Crippen LogP contribution in [0.4, 0.5) is 0 Å². The number of benzene rings is 1. The highest BCUT2D eigenvalue weighted by Gasteiger charge is 2.17. The zero-order chi connectivity index (χ0) is 14.9. The predicted molar refractivity (Wildman–Crippen MR) is 79.6 cm³/mol. The number of carboxylic acids is 1. The number of pyridine rings is 1. The molecule has 0 radical (unpaired) electrons. The van der Waals surface area contributed by atoms with Gasteiger partial charge < -0.3 is 9.84 Å². The summed E-state index contributed by atoms with van der Waals surface area (Å²) in [6.07, 6.45) is 0. The second-order valence-electron chi connectivity index (χ2n) is 4.54. The third kappa shape index (κ3) is 2.99. The highest BCUT2D eigenvalue weighted by Crippen LogP contribution is 2.31. The molecule has 0 amide bonds. The van der Waals surface area contributed by atoms with Crippen molar-refractivity contribution in [3.63, 3.8) is 0 Å². The summed E-state index contributed by atoms with van der Waals surface area (Å²) in [4.78, 5) is 15.5. The number of nitrogens with zero attached hydrogens (tertiary/aromatic N) is 1. The second kappa shape index (κ2) is 5.63. The number of hydrogen-bond acceptors (Lipinski definition) is 3. The van der Waals surface area contributed by atoms with Gasteiger partial charge in [0.25, 0.3) is 0 Å². The van der Waals surface area contributed by atoms with Crippen LogP contribution in [0.1, 0.15) is 27.3 Å². The summed E-state index contributed by atoms with van der Waals surface area (Å²) in [6.45, 7) is 5.37. The van der Waals surface area contributed by atoms with E-state index in [0.717, 1.165) is 15.7 Å². The van der Waals surface area contributed by atoms with Crippen molar-refractivity contribution in [3.8, 4) is 11.5 Å². The average molecular weight is 336 g/mol. The third-order valence-electron chi connectivity index (χ3n) is 2.86. The van der Waals surface area contributed by atoms with Gasteiger partial charge in [0.2, 0.25) is 0 Å². The van der Waals surface area contributed by atoms with Crippen LogP contribution < -0.4 is 4.74 Å². The van der Waals surface area contributed by atoms with Crippen LogP contribution in [-0.4, -0.2) is 16.1 Å². The molecule has 0 bridgehead atoms. The molecule has 0 aliphatic heterocycles. The maximum absolute atomic E-state index is 11.4. The van der Waals surface area contributed by atoms with Crippen LogP contribution in [0.5, 0.6) is 11.5 Å². The third-order valence-corrected chi connectivity index (χ3v) is 3.36. The standard InChI is InChI=1S/C15H14BrNO3/c1-8-6-11(16)4-5-12(8)20-13-7-9(2)17-10(3)14(13)15(18)19/h4-7H,1-3H3,(H,18,19). The molecule has 1 aromatic carbocycles. The van der Waals surface area contributed by atoms with Crippen molar-refractivity contribution < 1.29 is 14.6 Å². The highest BCUT2D eigenvalue weighted by atomic mass is 79.9. The minimum atomic E-state index is -1.04. The number of ether oxygens (including phenoxy) is 1. The summed E-state index contributed by atoms with van der Waals surface area (Å²) in [6, 6.07) is 7.20. The first-order chi connectivity index (χ1) is 9.38. The lowest BCUT2D eigenvalue weighted by Gasteiger charge is -2.13. The van der Waals surface area contributed by atoms with E-state index in [1.807, 2.05) is 19.1 Å². The van der Waals surface area contributed by atoms with Crippen LogP contribution >= 0.6 is 15.9 Å². The molecule has 2 aromatic rings. The van der Waals surface area contributed by atoms with Gasteiger partial charge in [0, 0.05) is 16.2 Å². The van der Waals surface area contributed by atoms with Gasteiger partial charge in [-0.2, -0.15) is 0 Å². The first kappa shape index (κ1) is 14.5. The van der Waals surface area contributed by atoms with E-state index in [9.17, 15) is 9.90 Å². The van der Waals surface area contributed by atoms with Gasteiger partial charge >= 0.3 is 5.97 Å². The van der Waals surface area contributed by atoms with E-state index in [1.165, 1.54) is 0 Å². The molecule has 0 unspecified atom stereocenters. The summed E-state index contributed by atoms with van der Waals surface area (Å²) in [5.74, 6) is -0.103. The molecule has 1 N–H and O–H groups in total. The quantitative estimate of drug-likeness (QED) is 0.910. The van der Waals surface area contributed by atoms with Crippen molar-refractivity contribution in [3.05, 3.63) is 51.3 Å². The fourth-order valence-electron chi connectivity index (χ4n) is 1.98. The Bertz CT molecular complexity index is 683. The Hall–Kier alpha value is -1.88. The Kier molecular flexibility index (Phi) is 4.09. The SMILES string of the molecule is Cc1cc(Oc2ccc(Br)cc2C)c(C(=O)O)c(C)n1. The van der Waals surface area contributed by atoms with E-state index >= 15 is 0 Å². The molecule has 1 heterocycles. The van der Waals surface area contributed by atoms with Gasteiger partial charge in [0.15, 0.2) is 0 Å². The van der Waals surface area contributed by atoms with Gasteiger partial charge in [-0.3, -0.25) is 4.98 Å². The lowest BCUT2D eigenvalue weighted by atomic mass is 10.1. The fourth-order valence-corrected chi connectivity index (χ4v) is 2.45. The van der Waals surface area contributed by atoms with E-state index in [0.29, 0.717) is 17.2 Å². The number of aromatic carboxylic acids is 1. The maximum atomic E-state index is 11.4. The molecule has 20 heavy (non-hydrogen) atoms. The molecule has 4 nitrogen and oxygen atoms in total. The van der Waals surface area contributed by atoms with E-state index in [4.69, 9.17) is 4.74 Å². The zero-order valence-electron chi connectivity index (χ0n) is 11.4. The number of aryl methyl sites for hydroxylation is 3. The van der Waals surface area contributed by atoms with E-state index in [-0.39, 0.29) is 5.56 Å². The molecule has 0 atom stereocenters. The minimum Gasteiger partial charge on any atom is -0.477 e. The summed E-state index contributed by atoms with van der Waals surface area (Å²) in [5.41, 5.74) is 2.18. The monoisotopic (exact) mass is 335 g/mol. The highest BCUT2D eigenvalue weighted by molar-refractivity contribution is 9.10. The molecular weight excluding hydrogens is 322 g/mol. The topological polar surface area (TPSA) is 59.4 Å². The van der Waals surface area contributed by atoms with Gasteiger partial charge in [0.05, 0.1) is 5.69 Å². The number of aromatic nitrogens is 1. The predicted octanol–water partition coefficient (Wildman–Crippen LogP) is 4.26. The van der Waals surface area contributed by atoms with Crippen LogP contribution in [0.15, 0.2) is 28.7 Å². The van der Waals surface area contributed by atoms with Crippen LogP contribution in [0.3, 0.4) is 0 Å².